The number of nitrogens with zero attached hydrogens (tertiary/aromatic N) is 2. The Hall–Kier alpha value is -3.72. The normalized spacial score (nSPS) is 12.5. The van der Waals surface area contributed by atoms with Gasteiger partial charge in [-0.25, -0.2) is 9.07 Å². The van der Waals surface area contributed by atoms with Gasteiger partial charge in [0, 0.05) is 0 Å². The summed E-state index contributed by atoms with van der Waals surface area (Å²) in [5.74, 6) is 0.683. The summed E-state index contributed by atoms with van der Waals surface area (Å²) in [5.41, 5.74) is 1.05. The first-order valence-corrected chi connectivity index (χ1v) is 10.7. The van der Waals surface area contributed by atoms with Crippen LogP contribution in [0.3, 0.4) is 0 Å². The Balaban J connectivity index is 1.68. The molecule has 2 aromatic carbocycles. The number of rotatable bonds is 6. The fourth-order valence-corrected chi connectivity index (χ4v) is 4.06. The van der Waals surface area contributed by atoms with Crippen molar-refractivity contribution in [1.29, 1.82) is 5.41 Å². The number of halogens is 1. The lowest BCUT2D eigenvalue weighted by Gasteiger charge is -2.11. The van der Waals surface area contributed by atoms with Crippen LogP contribution in [0, 0.1) is 11.2 Å². The van der Waals surface area contributed by atoms with Gasteiger partial charge in [-0.3, -0.25) is 15.3 Å². The Morgan fingerprint density at radius 3 is 2.72 bits per heavy atom. The molecule has 0 unspecified atom stereocenters. The Morgan fingerprint density at radius 1 is 1.22 bits per heavy atom. The van der Waals surface area contributed by atoms with E-state index in [1.54, 1.807) is 36.4 Å². The predicted octanol–water partition coefficient (Wildman–Crippen LogP) is 2.29. The van der Waals surface area contributed by atoms with Crippen LogP contribution in [0.4, 0.5) is 4.39 Å². The first-order valence-electron chi connectivity index (χ1n) is 9.92. The number of ether oxygens (including phenoxy) is 2. The molecule has 0 radical (unpaired) electrons. The summed E-state index contributed by atoms with van der Waals surface area (Å²) in [7, 11) is 1.52. The fourth-order valence-electron chi connectivity index (χ4n) is 3.12. The lowest BCUT2D eigenvalue weighted by Crippen LogP contribution is -2.47. The Kier molecular flexibility index (Phi) is 6.18. The highest BCUT2D eigenvalue weighted by atomic mass is 32.1. The summed E-state index contributed by atoms with van der Waals surface area (Å²) in [4.78, 5) is 16.7. The molecule has 9 heteroatoms. The summed E-state index contributed by atoms with van der Waals surface area (Å²) >= 11 is 1.33. The highest BCUT2D eigenvalue weighted by Gasteiger charge is 2.11. The highest BCUT2D eigenvalue weighted by Crippen LogP contribution is 2.29. The van der Waals surface area contributed by atoms with E-state index in [9.17, 15) is 9.18 Å². The molecule has 2 heterocycles. The van der Waals surface area contributed by atoms with Crippen LogP contribution in [0.1, 0.15) is 24.5 Å². The fraction of sp³-hybridized carbons (Fsp3) is 0.174. The number of H-pyrrole nitrogens is 1. The van der Waals surface area contributed by atoms with E-state index < -0.39 is 5.56 Å². The van der Waals surface area contributed by atoms with Gasteiger partial charge in [0.15, 0.2) is 17.0 Å². The number of benzene rings is 2. The van der Waals surface area contributed by atoms with Gasteiger partial charge in [0.1, 0.15) is 17.1 Å². The molecule has 2 N–H and O–H groups in total. The monoisotopic (exact) mass is 452 g/mol. The molecule has 0 saturated carbocycles. The molecular formula is C23H21FN4O3S. The third-order valence-corrected chi connectivity index (χ3v) is 5.65. The Bertz CT molecular complexity index is 1450. The molecule has 0 amide bonds. The summed E-state index contributed by atoms with van der Waals surface area (Å²) < 4.78 is 26.6. The summed E-state index contributed by atoms with van der Waals surface area (Å²) in [5, 5.41) is 12.2. The zero-order chi connectivity index (χ0) is 22.7. The van der Waals surface area contributed by atoms with Gasteiger partial charge in [-0.05, 0) is 54.0 Å². The van der Waals surface area contributed by atoms with Gasteiger partial charge in [-0.15, -0.1) is 0 Å². The van der Waals surface area contributed by atoms with Crippen molar-refractivity contribution in [3.8, 4) is 16.6 Å². The topological polar surface area (TPSA) is 93.0 Å². The summed E-state index contributed by atoms with van der Waals surface area (Å²) in [6, 6.07) is 11.3. The van der Waals surface area contributed by atoms with E-state index in [1.807, 2.05) is 13.0 Å². The largest absolute Gasteiger partial charge is 0.493 e. The summed E-state index contributed by atoms with van der Waals surface area (Å²) in [6.45, 7) is 2.26. The number of fused-ring (bicyclic) bond motifs is 1. The number of aromatic nitrogens is 3. The van der Waals surface area contributed by atoms with Crippen LogP contribution in [-0.4, -0.2) is 21.9 Å². The molecule has 32 heavy (non-hydrogen) atoms. The molecule has 0 saturated heterocycles. The van der Waals surface area contributed by atoms with Crippen molar-refractivity contribution >= 4 is 23.5 Å². The molecule has 7 nitrogen and oxygen atoms in total. The maximum absolute atomic E-state index is 13.1. The zero-order valence-electron chi connectivity index (χ0n) is 17.5. The minimum absolute atomic E-state index is 0.0302. The predicted molar refractivity (Wildman–Crippen MR) is 120 cm³/mol. The average molecular weight is 453 g/mol. The standard InChI is InChI=1S/C23H21FN4O3S/c1-3-4-20-27-28-21(25)17(22(29)26-23(28)32-20)11-15-7-10-18(19(12-15)30-2)31-13-14-5-8-16(24)9-6-14/h4-12,25,27H,3,13H2,1-2H3. The second-order valence-corrected chi connectivity index (χ2v) is 7.97. The molecule has 0 bridgehead atoms. The smallest absolute Gasteiger partial charge is 0.283 e. The number of hydrogen-bond donors (Lipinski definition) is 2. The molecule has 2 aromatic rings. The van der Waals surface area contributed by atoms with E-state index >= 15 is 0 Å². The lowest BCUT2D eigenvalue weighted by molar-refractivity contribution is 0.284. The van der Waals surface area contributed by atoms with Gasteiger partial charge in [-0.1, -0.05) is 36.5 Å². The van der Waals surface area contributed by atoms with E-state index in [1.165, 1.54) is 35.3 Å². The average Bonchev–Trinajstić information content (AvgIpc) is 3.19. The SMILES string of the molecule is CCC=c1[nH]n2c(=N)c(=Cc3ccc(OCc4ccc(F)cc4)c(OC)c3)c(=O)nc-2s1. The van der Waals surface area contributed by atoms with Gasteiger partial charge >= 0.3 is 0 Å². The molecule has 2 aliphatic rings. The maximum Gasteiger partial charge on any atom is 0.283 e. The van der Waals surface area contributed by atoms with Gasteiger partial charge in [0.05, 0.1) is 12.3 Å². The van der Waals surface area contributed by atoms with Crippen molar-refractivity contribution in [2.24, 2.45) is 0 Å². The van der Waals surface area contributed by atoms with E-state index in [0.29, 0.717) is 22.2 Å². The van der Waals surface area contributed by atoms with Gasteiger partial charge < -0.3 is 9.47 Å². The first kappa shape index (κ1) is 21.5. The van der Waals surface area contributed by atoms with Crippen molar-refractivity contribution in [3.63, 3.8) is 0 Å². The number of hydrogen-bond acceptors (Lipinski definition) is 6. The van der Waals surface area contributed by atoms with Crippen LogP contribution in [-0.2, 0) is 6.61 Å². The first-order chi connectivity index (χ1) is 15.5. The maximum atomic E-state index is 13.1. The summed E-state index contributed by atoms with van der Waals surface area (Å²) in [6.07, 6.45) is 4.41. The number of aromatic amines is 1. The molecule has 0 fully saturated rings. The van der Waals surface area contributed by atoms with Gasteiger partial charge in [-0.2, -0.15) is 4.98 Å². The van der Waals surface area contributed by atoms with Crippen molar-refractivity contribution < 1.29 is 13.9 Å². The Morgan fingerprint density at radius 2 is 2.00 bits per heavy atom. The third-order valence-electron chi connectivity index (χ3n) is 4.72. The minimum Gasteiger partial charge on any atom is -0.493 e. The van der Waals surface area contributed by atoms with Crippen LogP contribution in [0.25, 0.3) is 17.3 Å². The van der Waals surface area contributed by atoms with Crippen LogP contribution >= 0.6 is 11.3 Å². The number of nitrogens with one attached hydrogen (secondary N) is 2. The molecule has 2 aliphatic heterocycles. The van der Waals surface area contributed by atoms with Crippen LogP contribution < -0.4 is 30.4 Å². The lowest BCUT2D eigenvalue weighted by atomic mass is 10.1. The second kappa shape index (κ2) is 9.19. The molecule has 4 rings (SSSR count). The van der Waals surface area contributed by atoms with Gasteiger partial charge in [0.25, 0.3) is 5.56 Å². The van der Waals surface area contributed by atoms with Crippen molar-refractivity contribution in [2.75, 3.05) is 7.11 Å². The molecule has 0 aromatic heterocycles. The molecule has 164 valence electrons. The number of methoxy groups -OCH3 is 1. The van der Waals surface area contributed by atoms with Crippen molar-refractivity contribution in [1.82, 2.24) is 14.8 Å². The van der Waals surface area contributed by atoms with Gasteiger partial charge in [0.2, 0.25) is 5.13 Å². The highest BCUT2D eigenvalue weighted by molar-refractivity contribution is 7.11. The molecule has 0 spiro atoms. The van der Waals surface area contributed by atoms with Crippen LogP contribution in [0.15, 0.2) is 47.3 Å². The Labute approximate surface area is 186 Å². The minimum atomic E-state index is -0.469. The molecule has 0 aliphatic carbocycles. The van der Waals surface area contributed by atoms with E-state index in [-0.39, 0.29) is 23.1 Å². The van der Waals surface area contributed by atoms with Crippen LogP contribution in [0.5, 0.6) is 11.5 Å². The quantitative estimate of drug-likeness (QED) is 0.470. The molecular weight excluding hydrogens is 431 g/mol. The van der Waals surface area contributed by atoms with E-state index in [4.69, 9.17) is 14.9 Å². The molecule has 0 atom stereocenters. The zero-order valence-corrected chi connectivity index (χ0v) is 18.3. The van der Waals surface area contributed by atoms with Crippen molar-refractivity contribution in [3.05, 3.63) is 85.1 Å². The van der Waals surface area contributed by atoms with Crippen molar-refractivity contribution in [2.45, 2.75) is 20.0 Å². The second-order valence-electron chi connectivity index (χ2n) is 6.96. The van der Waals surface area contributed by atoms with E-state index in [2.05, 4.69) is 10.1 Å². The van der Waals surface area contributed by atoms with Crippen LogP contribution in [0.2, 0.25) is 0 Å². The third kappa shape index (κ3) is 4.47. The van der Waals surface area contributed by atoms with E-state index in [0.717, 1.165) is 16.6 Å².